The van der Waals surface area contributed by atoms with Crippen LogP contribution in [0.15, 0.2) is 0 Å². The molecule has 0 spiro atoms. The standard InChI is InChI=1S/C11H16O3/c1-6-3-4-8(12)10(6)11-7(2)5-9(13)14-11/h6-7,10-11H,3-5H2,1-2H3/t6?,7-,10-,11-/m1/s1. The first-order valence-electron chi connectivity index (χ1n) is 5.32. The van der Waals surface area contributed by atoms with E-state index in [1.54, 1.807) is 0 Å². The first kappa shape index (κ1) is 9.69. The van der Waals surface area contributed by atoms with E-state index in [1.807, 2.05) is 6.92 Å². The van der Waals surface area contributed by atoms with Crippen LogP contribution in [0, 0.1) is 17.8 Å². The summed E-state index contributed by atoms with van der Waals surface area (Å²) in [7, 11) is 0. The number of hydrogen-bond acceptors (Lipinski definition) is 3. The third-order valence-corrected chi connectivity index (χ3v) is 3.50. The molecule has 78 valence electrons. The van der Waals surface area contributed by atoms with Crippen molar-refractivity contribution in [2.75, 3.05) is 0 Å². The predicted molar refractivity (Wildman–Crippen MR) is 50.6 cm³/mol. The Labute approximate surface area is 83.8 Å². The minimum atomic E-state index is -0.146. The van der Waals surface area contributed by atoms with Crippen LogP contribution < -0.4 is 0 Å². The van der Waals surface area contributed by atoms with Crippen molar-refractivity contribution in [2.45, 2.75) is 39.2 Å². The second-order valence-electron chi connectivity index (χ2n) is 4.64. The predicted octanol–water partition coefficient (Wildman–Crippen LogP) is 1.55. The van der Waals surface area contributed by atoms with Crippen LogP contribution in [-0.4, -0.2) is 17.9 Å². The number of cyclic esters (lactones) is 1. The quantitative estimate of drug-likeness (QED) is 0.598. The maximum atomic E-state index is 11.6. The Morgan fingerprint density at radius 2 is 1.93 bits per heavy atom. The number of rotatable bonds is 1. The second-order valence-corrected chi connectivity index (χ2v) is 4.64. The smallest absolute Gasteiger partial charge is 0.306 e. The van der Waals surface area contributed by atoms with Crippen LogP contribution >= 0.6 is 0 Å². The molecule has 1 saturated heterocycles. The number of hydrogen-bond donors (Lipinski definition) is 0. The van der Waals surface area contributed by atoms with E-state index < -0.39 is 0 Å². The number of ketones is 1. The molecule has 2 aliphatic rings. The van der Waals surface area contributed by atoms with Crippen LogP contribution in [0.4, 0.5) is 0 Å². The molecule has 3 nitrogen and oxygen atoms in total. The molecule has 1 saturated carbocycles. The van der Waals surface area contributed by atoms with Gasteiger partial charge in [0.25, 0.3) is 0 Å². The van der Waals surface area contributed by atoms with E-state index in [0.717, 1.165) is 6.42 Å². The van der Waals surface area contributed by atoms with Crippen LogP contribution in [0.5, 0.6) is 0 Å². The molecule has 0 aromatic carbocycles. The average molecular weight is 196 g/mol. The molecular weight excluding hydrogens is 180 g/mol. The van der Waals surface area contributed by atoms with Crippen LogP contribution in [0.3, 0.4) is 0 Å². The number of carbonyl (C=O) groups is 2. The summed E-state index contributed by atoms with van der Waals surface area (Å²) in [5.74, 6) is 0.688. The highest BCUT2D eigenvalue weighted by Gasteiger charge is 2.45. The lowest BCUT2D eigenvalue weighted by molar-refractivity contribution is -0.145. The summed E-state index contributed by atoms with van der Waals surface area (Å²) in [5.41, 5.74) is 0. The summed E-state index contributed by atoms with van der Waals surface area (Å²) in [4.78, 5) is 22.7. The topological polar surface area (TPSA) is 43.4 Å². The van der Waals surface area contributed by atoms with Crippen molar-refractivity contribution in [1.29, 1.82) is 0 Å². The highest BCUT2D eigenvalue weighted by Crippen LogP contribution is 2.38. The highest BCUT2D eigenvalue weighted by atomic mass is 16.6. The van der Waals surface area contributed by atoms with Crippen molar-refractivity contribution < 1.29 is 14.3 Å². The van der Waals surface area contributed by atoms with Gasteiger partial charge < -0.3 is 4.74 Å². The summed E-state index contributed by atoms with van der Waals surface area (Å²) in [5, 5.41) is 0. The van der Waals surface area contributed by atoms with Crippen LogP contribution in [0.2, 0.25) is 0 Å². The van der Waals surface area contributed by atoms with Gasteiger partial charge in [-0.1, -0.05) is 13.8 Å². The summed E-state index contributed by atoms with van der Waals surface area (Å²) in [6.45, 7) is 4.07. The molecule has 14 heavy (non-hydrogen) atoms. The molecular formula is C11H16O3. The number of Topliss-reactive ketones (excluding diaryl/α,β-unsaturated/α-hetero) is 1. The lowest BCUT2D eigenvalue weighted by atomic mass is 9.85. The fraction of sp³-hybridized carbons (Fsp3) is 0.818. The number of carbonyl (C=O) groups excluding carboxylic acids is 2. The zero-order valence-corrected chi connectivity index (χ0v) is 8.66. The van der Waals surface area contributed by atoms with Gasteiger partial charge in [-0.05, 0) is 12.3 Å². The Hall–Kier alpha value is -0.860. The van der Waals surface area contributed by atoms with Crippen molar-refractivity contribution in [3.05, 3.63) is 0 Å². The number of ether oxygens (including phenoxy) is 1. The SMILES string of the molecule is CC1CCC(=O)[C@@H]1[C@@H]1OC(=O)C[C@H]1C. The monoisotopic (exact) mass is 196 g/mol. The summed E-state index contributed by atoms with van der Waals surface area (Å²) < 4.78 is 5.24. The molecule has 2 fully saturated rings. The molecule has 3 heteroatoms. The van der Waals surface area contributed by atoms with Gasteiger partial charge in [-0.15, -0.1) is 0 Å². The Kier molecular flexibility index (Phi) is 2.33. The maximum absolute atomic E-state index is 11.6. The van der Waals surface area contributed by atoms with Crippen molar-refractivity contribution in [3.63, 3.8) is 0 Å². The Bertz CT molecular complexity index is 272. The van der Waals surface area contributed by atoms with Gasteiger partial charge in [-0.25, -0.2) is 0 Å². The van der Waals surface area contributed by atoms with Gasteiger partial charge in [0.1, 0.15) is 11.9 Å². The van der Waals surface area contributed by atoms with Gasteiger partial charge in [0.15, 0.2) is 0 Å². The minimum absolute atomic E-state index is 0.0311. The Balaban J connectivity index is 2.14. The molecule has 0 bridgehead atoms. The van der Waals surface area contributed by atoms with Gasteiger partial charge >= 0.3 is 5.97 Å². The molecule has 0 amide bonds. The van der Waals surface area contributed by atoms with E-state index in [0.29, 0.717) is 18.8 Å². The van der Waals surface area contributed by atoms with E-state index in [4.69, 9.17) is 4.74 Å². The van der Waals surface area contributed by atoms with Gasteiger partial charge in [0.05, 0.1) is 12.3 Å². The van der Waals surface area contributed by atoms with Crippen LogP contribution in [-0.2, 0) is 14.3 Å². The van der Waals surface area contributed by atoms with Crippen molar-refractivity contribution in [2.24, 2.45) is 17.8 Å². The maximum Gasteiger partial charge on any atom is 0.306 e. The van der Waals surface area contributed by atoms with Crippen molar-refractivity contribution >= 4 is 11.8 Å². The lowest BCUT2D eigenvalue weighted by Crippen LogP contribution is -2.31. The van der Waals surface area contributed by atoms with E-state index >= 15 is 0 Å². The van der Waals surface area contributed by atoms with Crippen LogP contribution in [0.1, 0.15) is 33.1 Å². The van der Waals surface area contributed by atoms with E-state index in [2.05, 4.69) is 6.92 Å². The largest absolute Gasteiger partial charge is 0.461 e. The van der Waals surface area contributed by atoms with E-state index in [1.165, 1.54) is 0 Å². The fourth-order valence-electron chi connectivity index (χ4n) is 2.66. The zero-order valence-electron chi connectivity index (χ0n) is 8.66. The molecule has 1 aliphatic heterocycles. The molecule has 2 rings (SSSR count). The Morgan fingerprint density at radius 3 is 2.36 bits per heavy atom. The first-order chi connectivity index (χ1) is 6.59. The fourth-order valence-corrected chi connectivity index (χ4v) is 2.66. The van der Waals surface area contributed by atoms with Crippen LogP contribution in [0.25, 0.3) is 0 Å². The van der Waals surface area contributed by atoms with E-state index in [9.17, 15) is 9.59 Å². The molecule has 1 heterocycles. The van der Waals surface area contributed by atoms with Gasteiger partial charge in [0.2, 0.25) is 0 Å². The molecule has 1 aliphatic carbocycles. The highest BCUT2D eigenvalue weighted by molar-refractivity contribution is 5.85. The van der Waals surface area contributed by atoms with Crippen molar-refractivity contribution in [1.82, 2.24) is 0 Å². The van der Waals surface area contributed by atoms with Gasteiger partial charge in [0, 0.05) is 12.3 Å². The van der Waals surface area contributed by atoms with E-state index in [-0.39, 0.29) is 29.7 Å². The van der Waals surface area contributed by atoms with Gasteiger partial charge in [-0.3, -0.25) is 9.59 Å². The number of esters is 1. The average Bonchev–Trinajstić information content (AvgIpc) is 2.57. The van der Waals surface area contributed by atoms with Crippen molar-refractivity contribution in [3.8, 4) is 0 Å². The Morgan fingerprint density at radius 1 is 1.21 bits per heavy atom. The normalized spacial score (nSPS) is 43.0. The molecule has 0 radical (unpaired) electrons. The molecule has 0 N–H and O–H groups in total. The first-order valence-corrected chi connectivity index (χ1v) is 5.32. The summed E-state index contributed by atoms with van der Waals surface area (Å²) in [6.07, 6.45) is 1.94. The molecule has 0 aromatic heterocycles. The molecule has 1 unspecified atom stereocenters. The molecule has 0 aromatic rings. The molecule has 4 atom stereocenters. The lowest BCUT2D eigenvalue weighted by Gasteiger charge is -2.23. The summed E-state index contributed by atoms with van der Waals surface area (Å²) >= 11 is 0. The zero-order chi connectivity index (χ0) is 10.3. The third kappa shape index (κ3) is 1.45. The third-order valence-electron chi connectivity index (χ3n) is 3.50. The minimum Gasteiger partial charge on any atom is -0.461 e. The summed E-state index contributed by atoms with van der Waals surface area (Å²) in [6, 6.07) is 0. The second kappa shape index (κ2) is 3.37. The van der Waals surface area contributed by atoms with Gasteiger partial charge in [-0.2, -0.15) is 0 Å².